The number of rotatable bonds is 3. The van der Waals surface area contributed by atoms with Crippen molar-refractivity contribution in [3.8, 4) is 5.75 Å². The molecule has 1 aromatic rings. The molecular formula is C11H17NO2. The predicted octanol–water partition coefficient (Wildman–Crippen LogP) is 1.54. The Labute approximate surface area is 84.2 Å². The first-order valence-corrected chi connectivity index (χ1v) is 4.72. The van der Waals surface area contributed by atoms with Gasteiger partial charge in [0.15, 0.2) is 0 Å². The van der Waals surface area contributed by atoms with Crippen molar-refractivity contribution >= 4 is 0 Å². The number of phenols is 1. The van der Waals surface area contributed by atoms with Crippen molar-refractivity contribution in [1.82, 2.24) is 0 Å². The van der Waals surface area contributed by atoms with Crippen LogP contribution in [0.4, 0.5) is 0 Å². The van der Waals surface area contributed by atoms with E-state index in [9.17, 15) is 5.11 Å². The second-order valence-corrected chi connectivity index (χ2v) is 4.07. The minimum absolute atomic E-state index is 0.175. The lowest BCUT2D eigenvalue weighted by atomic mass is 9.94. The van der Waals surface area contributed by atoms with Gasteiger partial charge in [-0.15, -0.1) is 0 Å². The summed E-state index contributed by atoms with van der Waals surface area (Å²) in [6.45, 7) is 4.00. The molecule has 1 aromatic carbocycles. The molecule has 0 aliphatic carbocycles. The van der Waals surface area contributed by atoms with E-state index in [4.69, 9.17) is 10.8 Å². The van der Waals surface area contributed by atoms with E-state index >= 15 is 0 Å². The highest BCUT2D eigenvalue weighted by molar-refractivity contribution is 5.29. The Morgan fingerprint density at radius 3 is 2.21 bits per heavy atom. The minimum Gasteiger partial charge on any atom is -0.508 e. The van der Waals surface area contributed by atoms with Crippen molar-refractivity contribution in [2.45, 2.75) is 26.0 Å². The van der Waals surface area contributed by atoms with Crippen LogP contribution >= 0.6 is 0 Å². The molecule has 0 aliphatic heterocycles. The lowest BCUT2D eigenvalue weighted by molar-refractivity contribution is 0.0218. The van der Waals surface area contributed by atoms with E-state index in [1.807, 2.05) is 13.8 Å². The molecule has 0 heterocycles. The summed E-state index contributed by atoms with van der Waals surface area (Å²) < 4.78 is 0. The molecule has 0 amide bonds. The molecule has 0 radical (unpaired) electrons. The van der Waals surface area contributed by atoms with E-state index in [2.05, 4.69) is 0 Å². The van der Waals surface area contributed by atoms with Crippen LogP contribution in [0.5, 0.6) is 5.75 Å². The van der Waals surface area contributed by atoms with Crippen LogP contribution in [0.3, 0.4) is 0 Å². The van der Waals surface area contributed by atoms with E-state index in [1.165, 1.54) is 12.1 Å². The molecule has 78 valence electrons. The maximum absolute atomic E-state index is 9.94. The van der Waals surface area contributed by atoms with E-state index in [1.54, 1.807) is 12.1 Å². The highest BCUT2D eigenvalue weighted by Gasteiger charge is 2.24. The quantitative estimate of drug-likeness (QED) is 0.641. The summed E-state index contributed by atoms with van der Waals surface area (Å²) in [7, 11) is 0. The highest BCUT2D eigenvalue weighted by atomic mass is 16.3. The Morgan fingerprint density at radius 1 is 1.29 bits per heavy atom. The van der Waals surface area contributed by atoms with Gasteiger partial charge in [-0.2, -0.15) is 0 Å². The Balaban J connectivity index is 2.86. The van der Waals surface area contributed by atoms with Gasteiger partial charge in [0, 0.05) is 0 Å². The second kappa shape index (κ2) is 3.98. The van der Waals surface area contributed by atoms with Crippen LogP contribution in [0.15, 0.2) is 24.3 Å². The van der Waals surface area contributed by atoms with Gasteiger partial charge in [-0.1, -0.05) is 26.0 Å². The van der Waals surface area contributed by atoms with Crippen molar-refractivity contribution < 1.29 is 10.2 Å². The molecule has 1 unspecified atom stereocenters. The standard InChI is InChI=1S/C11H17NO2/c1-8(2)7-11(12,14)9-3-5-10(13)6-4-9/h3-6,8,13-14H,7,12H2,1-2H3. The summed E-state index contributed by atoms with van der Waals surface area (Å²) in [5.41, 5.74) is 5.09. The maximum atomic E-state index is 9.94. The predicted molar refractivity (Wildman–Crippen MR) is 55.6 cm³/mol. The average Bonchev–Trinajstić information content (AvgIpc) is 2.02. The molecule has 0 fully saturated rings. The maximum Gasteiger partial charge on any atom is 0.139 e. The van der Waals surface area contributed by atoms with Crippen molar-refractivity contribution in [3.05, 3.63) is 29.8 Å². The fourth-order valence-corrected chi connectivity index (χ4v) is 1.49. The van der Waals surface area contributed by atoms with Gasteiger partial charge in [-0.25, -0.2) is 0 Å². The number of hydrogen-bond donors (Lipinski definition) is 3. The van der Waals surface area contributed by atoms with Crippen LogP contribution < -0.4 is 5.73 Å². The Morgan fingerprint density at radius 2 is 1.79 bits per heavy atom. The number of benzene rings is 1. The molecular weight excluding hydrogens is 178 g/mol. The fourth-order valence-electron chi connectivity index (χ4n) is 1.49. The van der Waals surface area contributed by atoms with Crippen molar-refractivity contribution in [1.29, 1.82) is 0 Å². The van der Waals surface area contributed by atoms with Crippen molar-refractivity contribution in [2.24, 2.45) is 11.7 Å². The number of phenolic OH excluding ortho intramolecular Hbond substituents is 1. The monoisotopic (exact) mass is 195 g/mol. The molecule has 0 aromatic heterocycles. The van der Waals surface area contributed by atoms with E-state index < -0.39 is 5.72 Å². The fraction of sp³-hybridized carbons (Fsp3) is 0.455. The van der Waals surface area contributed by atoms with Gasteiger partial charge in [-0.3, -0.25) is 5.73 Å². The summed E-state index contributed by atoms with van der Waals surface area (Å²) in [5.74, 6) is 0.493. The summed E-state index contributed by atoms with van der Waals surface area (Å²) in [6.07, 6.45) is 0.498. The van der Waals surface area contributed by atoms with Crippen LogP contribution in [-0.2, 0) is 5.72 Å². The summed E-state index contributed by atoms with van der Waals surface area (Å²) in [4.78, 5) is 0. The molecule has 1 atom stereocenters. The van der Waals surface area contributed by atoms with Crippen molar-refractivity contribution in [3.63, 3.8) is 0 Å². The third kappa shape index (κ3) is 2.72. The Bertz CT molecular complexity index is 291. The number of aliphatic hydroxyl groups is 1. The summed E-state index contributed by atoms with van der Waals surface area (Å²) in [6, 6.07) is 6.32. The molecule has 0 spiro atoms. The zero-order chi connectivity index (χ0) is 10.8. The first-order valence-electron chi connectivity index (χ1n) is 4.72. The highest BCUT2D eigenvalue weighted by Crippen LogP contribution is 2.24. The Kier molecular flexibility index (Phi) is 3.13. The first-order chi connectivity index (χ1) is 6.42. The summed E-state index contributed by atoms with van der Waals surface area (Å²) >= 11 is 0. The largest absolute Gasteiger partial charge is 0.508 e. The second-order valence-electron chi connectivity index (χ2n) is 4.07. The third-order valence-electron chi connectivity index (χ3n) is 2.09. The third-order valence-corrected chi connectivity index (χ3v) is 2.09. The first kappa shape index (κ1) is 11.0. The smallest absolute Gasteiger partial charge is 0.139 e. The van der Waals surface area contributed by atoms with E-state index in [0.29, 0.717) is 17.9 Å². The van der Waals surface area contributed by atoms with Crippen LogP contribution in [0.25, 0.3) is 0 Å². The lowest BCUT2D eigenvalue weighted by Crippen LogP contribution is -2.37. The Hall–Kier alpha value is -1.06. The SMILES string of the molecule is CC(C)CC(N)(O)c1ccc(O)cc1. The summed E-state index contributed by atoms with van der Waals surface area (Å²) in [5, 5.41) is 19.0. The van der Waals surface area contributed by atoms with Gasteiger partial charge >= 0.3 is 0 Å². The molecule has 3 heteroatoms. The number of hydrogen-bond acceptors (Lipinski definition) is 3. The zero-order valence-corrected chi connectivity index (χ0v) is 8.57. The molecule has 0 saturated heterocycles. The topological polar surface area (TPSA) is 66.5 Å². The average molecular weight is 195 g/mol. The lowest BCUT2D eigenvalue weighted by Gasteiger charge is -2.25. The van der Waals surface area contributed by atoms with Crippen LogP contribution in [0.2, 0.25) is 0 Å². The van der Waals surface area contributed by atoms with Gasteiger partial charge < -0.3 is 10.2 Å². The van der Waals surface area contributed by atoms with Gasteiger partial charge in [0.25, 0.3) is 0 Å². The van der Waals surface area contributed by atoms with Crippen molar-refractivity contribution in [2.75, 3.05) is 0 Å². The van der Waals surface area contributed by atoms with Crippen LogP contribution in [-0.4, -0.2) is 10.2 Å². The van der Waals surface area contributed by atoms with Crippen LogP contribution in [0, 0.1) is 5.92 Å². The molecule has 4 N–H and O–H groups in total. The minimum atomic E-state index is -1.30. The molecule has 0 aliphatic rings. The van der Waals surface area contributed by atoms with Gasteiger partial charge in [0.1, 0.15) is 11.5 Å². The van der Waals surface area contributed by atoms with E-state index in [-0.39, 0.29) is 5.75 Å². The van der Waals surface area contributed by atoms with E-state index in [0.717, 1.165) is 0 Å². The molecule has 0 saturated carbocycles. The normalized spacial score (nSPS) is 15.5. The number of nitrogens with two attached hydrogens (primary N) is 1. The van der Waals surface area contributed by atoms with Gasteiger partial charge in [0.2, 0.25) is 0 Å². The molecule has 1 rings (SSSR count). The molecule has 0 bridgehead atoms. The number of aromatic hydroxyl groups is 1. The van der Waals surface area contributed by atoms with Gasteiger partial charge in [0.05, 0.1) is 0 Å². The molecule has 14 heavy (non-hydrogen) atoms. The zero-order valence-electron chi connectivity index (χ0n) is 8.57. The van der Waals surface area contributed by atoms with Gasteiger partial charge in [-0.05, 0) is 30.0 Å². The molecule has 3 nitrogen and oxygen atoms in total. The van der Waals surface area contributed by atoms with Crippen LogP contribution in [0.1, 0.15) is 25.8 Å².